The first-order valence-corrected chi connectivity index (χ1v) is 6.13. The van der Waals surface area contributed by atoms with Gasteiger partial charge >= 0.3 is 0 Å². The normalized spacial score (nSPS) is 18.3. The van der Waals surface area contributed by atoms with Gasteiger partial charge in [0, 0.05) is 12.6 Å². The zero-order chi connectivity index (χ0) is 12.4. The van der Waals surface area contributed by atoms with E-state index >= 15 is 0 Å². The maximum atomic E-state index is 4.40. The van der Waals surface area contributed by atoms with Crippen LogP contribution in [0.4, 0.5) is 0 Å². The molecule has 2 heterocycles. The van der Waals surface area contributed by atoms with Crippen molar-refractivity contribution in [1.82, 2.24) is 10.4 Å². The molecular formula is C15H15N3. The van der Waals surface area contributed by atoms with E-state index in [4.69, 9.17) is 0 Å². The number of hydrogen-bond donors (Lipinski definition) is 1. The van der Waals surface area contributed by atoms with Crippen molar-refractivity contribution >= 4 is 5.71 Å². The monoisotopic (exact) mass is 237 g/mol. The molecule has 1 aromatic heterocycles. The van der Waals surface area contributed by atoms with Crippen LogP contribution >= 0.6 is 0 Å². The second kappa shape index (κ2) is 4.61. The summed E-state index contributed by atoms with van der Waals surface area (Å²) in [6.07, 6.45) is 2.69. The van der Waals surface area contributed by atoms with Gasteiger partial charge in [-0.2, -0.15) is 5.10 Å². The van der Waals surface area contributed by atoms with E-state index in [1.54, 1.807) is 6.20 Å². The van der Waals surface area contributed by atoms with Crippen molar-refractivity contribution in [1.29, 1.82) is 0 Å². The summed E-state index contributed by atoms with van der Waals surface area (Å²) in [5.74, 6) is 0. The molecular weight excluding hydrogens is 222 g/mol. The zero-order valence-corrected chi connectivity index (χ0v) is 10.3. The number of hydrogen-bond acceptors (Lipinski definition) is 3. The average molecular weight is 237 g/mol. The maximum absolute atomic E-state index is 4.40. The summed E-state index contributed by atoms with van der Waals surface area (Å²) in [4.78, 5) is 4.34. The summed E-state index contributed by atoms with van der Waals surface area (Å²) in [7, 11) is 0. The van der Waals surface area contributed by atoms with Gasteiger partial charge in [-0.1, -0.05) is 35.9 Å². The van der Waals surface area contributed by atoms with Crippen molar-refractivity contribution in [3.05, 3.63) is 65.5 Å². The first-order chi connectivity index (χ1) is 8.83. The molecule has 1 N–H and O–H groups in total. The van der Waals surface area contributed by atoms with Crippen LogP contribution in [0.2, 0.25) is 0 Å². The van der Waals surface area contributed by atoms with Crippen LogP contribution in [0.1, 0.15) is 29.3 Å². The summed E-state index contributed by atoms with van der Waals surface area (Å²) in [6.45, 7) is 2.11. The topological polar surface area (TPSA) is 37.3 Å². The standard InChI is InChI=1S/C15H15N3/c1-11-5-4-6-12(9-11)14-10-15(18-17-14)13-7-2-3-8-16-13/h2-9,14,17H,10H2,1H3. The number of nitrogens with one attached hydrogen (secondary N) is 1. The number of hydrazone groups is 1. The number of rotatable bonds is 2. The maximum Gasteiger partial charge on any atom is 0.0883 e. The van der Waals surface area contributed by atoms with E-state index in [0.29, 0.717) is 0 Å². The highest BCUT2D eigenvalue weighted by Crippen LogP contribution is 2.24. The fourth-order valence-electron chi connectivity index (χ4n) is 2.22. The smallest absolute Gasteiger partial charge is 0.0883 e. The average Bonchev–Trinajstić information content (AvgIpc) is 2.89. The Morgan fingerprint density at radius 1 is 1.17 bits per heavy atom. The van der Waals surface area contributed by atoms with E-state index in [1.165, 1.54) is 11.1 Å². The predicted octanol–water partition coefficient (Wildman–Crippen LogP) is 2.83. The quantitative estimate of drug-likeness (QED) is 0.872. The van der Waals surface area contributed by atoms with Crippen LogP contribution in [0.15, 0.2) is 53.8 Å². The van der Waals surface area contributed by atoms with Gasteiger partial charge in [0.1, 0.15) is 0 Å². The minimum absolute atomic E-state index is 0.266. The van der Waals surface area contributed by atoms with Gasteiger partial charge in [0.2, 0.25) is 0 Å². The van der Waals surface area contributed by atoms with Gasteiger partial charge in [0.25, 0.3) is 0 Å². The third-order valence-electron chi connectivity index (χ3n) is 3.16. The van der Waals surface area contributed by atoms with Gasteiger partial charge in [0.05, 0.1) is 17.4 Å². The lowest BCUT2D eigenvalue weighted by Crippen LogP contribution is -2.10. The van der Waals surface area contributed by atoms with Gasteiger partial charge in [-0.05, 0) is 24.6 Å². The molecule has 0 radical (unpaired) electrons. The van der Waals surface area contributed by atoms with Gasteiger partial charge in [0.15, 0.2) is 0 Å². The first kappa shape index (κ1) is 11.0. The number of benzene rings is 1. The molecule has 3 heteroatoms. The van der Waals surface area contributed by atoms with Crippen molar-refractivity contribution in [3.63, 3.8) is 0 Å². The molecule has 18 heavy (non-hydrogen) atoms. The first-order valence-electron chi connectivity index (χ1n) is 6.13. The van der Waals surface area contributed by atoms with Crippen molar-refractivity contribution in [2.24, 2.45) is 5.10 Å². The lowest BCUT2D eigenvalue weighted by atomic mass is 10.00. The Morgan fingerprint density at radius 2 is 2.11 bits per heavy atom. The van der Waals surface area contributed by atoms with Crippen LogP contribution in [-0.4, -0.2) is 10.7 Å². The highest BCUT2D eigenvalue weighted by atomic mass is 15.3. The Bertz CT molecular complexity index is 575. The van der Waals surface area contributed by atoms with Crippen molar-refractivity contribution in [2.75, 3.05) is 0 Å². The SMILES string of the molecule is Cc1cccc(C2CC(c3ccccn3)=NN2)c1. The van der Waals surface area contributed by atoms with E-state index in [0.717, 1.165) is 17.8 Å². The molecule has 1 aromatic carbocycles. The van der Waals surface area contributed by atoms with Gasteiger partial charge < -0.3 is 5.43 Å². The molecule has 3 nitrogen and oxygen atoms in total. The molecule has 0 saturated carbocycles. The third-order valence-corrected chi connectivity index (χ3v) is 3.16. The minimum atomic E-state index is 0.266. The molecule has 3 rings (SSSR count). The van der Waals surface area contributed by atoms with Crippen molar-refractivity contribution in [2.45, 2.75) is 19.4 Å². The van der Waals surface area contributed by atoms with E-state index in [1.807, 2.05) is 18.2 Å². The fourth-order valence-corrected chi connectivity index (χ4v) is 2.22. The molecule has 0 spiro atoms. The minimum Gasteiger partial charge on any atom is -0.302 e. The molecule has 0 bridgehead atoms. The number of pyridine rings is 1. The highest BCUT2D eigenvalue weighted by Gasteiger charge is 2.21. The van der Waals surface area contributed by atoms with Crippen LogP contribution in [0.25, 0.3) is 0 Å². The van der Waals surface area contributed by atoms with E-state index in [-0.39, 0.29) is 6.04 Å². The van der Waals surface area contributed by atoms with Crippen LogP contribution in [0.3, 0.4) is 0 Å². The Hall–Kier alpha value is -2.16. The molecule has 90 valence electrons. The van der Waals surface area contributed by atoms with Crippen LogP contribution < -0.4 is 5.43 Å². The molecule has 0 amide bonds. The van der Waals surface area contributed by atoms with E-state index < -0.39 is 0 Å². The summed E-state index contributed by atoms with van der Waals surface area (Å²) in [6, 6.07) is 14.7. The second-order valence-corrected chi connectivity index (χ2v) is 4.57. The van der Waals surface area contributed by atoms with Gasteiger partial charge in [-0.25, -0.2) is 0 Å². The number of aromatic nitrogens is 1. The Labute approximate surface area is 107 Å². The molecule has 1 unspecified atom stereocenters. The van der Waals surface area contributed by atoms with Crippen molar-refractivity contribution in [3.8, 4) is 0 Å². The number of aryl methyl sites for hydroxylation is 1. The molecule has 0 aliphatic carbocycles. The van der Waals surface area contributed by atoms with Gasteiger partial charge in [-0.3, -0.25) is 4.98 Å². The summed E-state index contributed by atoms with van der Waals surface area (Å²) >= 11 is 0. The zero-order valence-electron chi connectivity index (χ0n) is 10.3. The number of nitrogens with zero attached hydrogens (tertiary/aromatic N) is 2. The third kappa shape index (κ3) is 2.12. The summed E-state index contributed by atoms with van der Waals surface area (Å²) in [5.41, 5.74) is 7.75. The van der Waals surface area contributed by atoms with Crippen molar-refractivity contribution < 1.29 is 0 Å². The Kier molecular flexibility index (Phi) is 2.81. The predicted molar refractivity (Wildman–Crippen MR) is 72.4 cm³/mol. The van der Waals surface area contributed by atoms with E-state index in [2.05, 4.69) is 46.7 Å². The Morgan fingerprint density at radius 3 is 2.89 bits per heavy atom. The molecule has 1 aliphatic heterocycles. The van der Waals surface area contributed by atoms with Crippen LogP contribution in [0.5, 0.6) is 0 Å². The van der Waals surface area contributed by atoms with Gasteiger partial charge in [-0.15, -0.1) is 0 Å². The summed E-state index contributed by atoms with van der Waals surface area (Å²) < 4.78 is 0. The van der Waals surface area contributed by atoms with Crippen LogP contribution in [-0.2, 0) is 0 Å². The molecule has 1 aliphatic rings. The van der Waals surface area contributed by atoms with E-state index in [9.17, 15) is 0 Å². The second-order valence-electron chi connectivity index (χ2n) is 4.57. The highest BCUT2D eigenvalue weighted by molar-refractivity contribution is 6.00. The molecule has 2 aromatic rings. The molecule has 0 fully saturated rings. The van der Waals surface area contributed by atoms with Crippen LogP contribution in [0, 0.1) is 6.92 Å². The molecule has 0 saturated heterocycles. The largest absolute Gasteiger partial charge is 0.302 e. The lowest BCUT2D eigenvalue weighted by molar-refractivity contribution is 0.619. The Balaban J connectivity index is 1.79. The molecule has 1 atom stereocenters. The fraction of sp³-hybridized carbons (Fsp3) is 0.200. The summed E-state index contributed by atoms with van der Waals surface area (Å²) in [5, 5.41) is 4.40. The lowest BCUT2D eigenvalue weighted by Gasteiger charge is -2.10.